The third kappa shape index (κ3) is 3.80. The third-order valence-electron chi connectivity index (χ3n) is 7.11. The Morgan fingerprint density at radius 1 is 0.526 bits per heavy atom. The van der Waals surface area contributed by atoms with E-state index in [0.717, 1.165) is 20.9 Å². The molecule has 2 heterocycles. The highest BCUT2D eigenvalue weighted by atomic mass is 35.5. The fourth-order valence-electron chi connectivity index (χ4n) is 5.25. The molecule has 2 aliphatic heterocycles. The van der Waals surface area contributed by atoms with E-state index in [0.29, 0.717) is 12.8 Å². The van der Waals surface area contributed by atoms with Crippen LogP contribution in [-0.4, -0.2) is 46.5 Å². The number of benzene rings is 4. The molecule has 4 aromatic rings. The first-order valence-corrected chi connectivity index (χ1v) is 12.9. The summed E-state index contributed by atoms with van der Waals surface area (Å²) >= 11 is 13.2. The van der Waals surface area contributed by atoms with Crippen LogP contribution < -0.4 is 0 Å². The summed E-state index contributed by atoms with van der Waals surface area (Å²) < 4.78 is 0. The third-order valence-corrected chi connectivity index (χ3v) is 7.71. The fourth-order valence-corrected chi connectivity index (χ4v) is 5.82. The molecular weight excluding hydrogens is 523 g/mol. The molecule has 0 aromatic heterocycles. The van der Waals surface area contributed by atoms with E-state index in [-0.39, 0.29) is 56.2 Å². The molecule has 0 saturated carbocycles. The van der Waals surface area contributed by atoms with Gasteiger partial charge in [-0.25, -0.2) is 0 Å². The number of amides is 4. The number of rotatable bonds is 6. The molecule has 188 valence electrons. The van der Waals surface area contributed by atoms with Crippen LogP contribution in [0.5, 0.6) is 0 Å². The molecular formula is C30H20Cl2N2O4. The molecule has 0 atom stereocenters. The highest BCUT2D eigenvalue weighted by Crippen LogP contribution is 2.43. The lowest BCUT2D eigenvalue weighted by molar-refractivity contribution is 0.0591. The van der Waals surface area contributed by atoms with Crippen molar-refractivity contribution in [1.29, 1.82) is 0 Å². The van der Waals surface area contributed by atoms with Gasteiger partial charge in [0.2, 0.25) is 0 Å². The van der Waals surface area contributed by atoms with Crippen LogP contribution in [0.1, 0.15) is 52.6 Å². The first-order valence-electron chi connectivity index (χ1n) is 12.2. The number of halogens is 2. The summed E-state index contributed by atoms with van der Waals surface area (Å²) in [7, 11) is 0. The van der Waals surface area contributed by atoms with Gasteiger partial charge >= 0.3 is 0 Å². The van der Waals surface area contributed by atoms with Crippen LogP contribution in [0.2, 0.25) is 10.0 Å². The van der Waals surface area contributed by atoms with E-state index in [1.165, 1.54) is 12.1 Å². The smallest absolute Gasteiger partial charge is 0.262 e. The summed E-state index contributed by atoms with van der Waals surface area (Å²) in [6.45, 7) is 0.288. The van der Waals surface area contributed by atoms with Crippen molar-refractivity contribution < 1.29 is 19.2 Å². The van der Waals surface area contributed by atoms with Crippen LogP contribution in [0.15, 0.2) is 72.8 Å². The first kappa shape index (κ1) is 24.3. The summed E-state index contributed by atoms with van der Waals surface area (Å²) in [4.78, 5) is 56.5. The molecule has 4 amide bonds. The van der Waals surface area contributed by atoms with Crippen LogP contribution in [0.3, 0.4) is 0 Å². The second-order valence-electron chi connectivity index (χ2n) is 9.31. The van der Waals surface area contributed by atoms with Gasteiger partial charge in [0.1, 0.15) is 0 Å². The van der Waals surface area contributed by atoms with E-state index in [1.807, 2.05) is 60.7 Å². The predicted molar refractivity (Wildman–Crippen MR) is 145 cm³/mol. The summed E-state index contributed by atoms with van der Waals surface area (Å²) in [6, 6.07) is 21.9. The average Bonchev–Trinajstić information content (AvgIpc) is 2.92. The molecule has 0 saturated heterocycles. The summed E-state index contributed by atoms with van der Waals surface area (Å²) in [5, 5.41) is 0.495. The maximum absolute atomic E-state index is 13.6. The van der Waals surface area contributed by atoms with Gasteiger partial charge in [0, 0.05) is 23.9 Å². The van der Waals surface area contributed by atoms with Gasteiger partial charge in [0.25, 0.3) is 23.6 Å². The number of carbonyl (C=O) groups excluding carboxylic acids is 4. The topological polar surface area (TPSA) is 74.8 Å². The number of imide groups is 2. The number of hydrogen-bond acceptors (Lipinski definition) is 4. The molecule has 0 bridgehead atoms. The van der Waals surface area contributed by atoms with Crippen LogP contribution >= 0.6 is 23.2 Å². The van der Waals surface area contributed by atoms with Gasteiger partial charge in [-0.05, 0) is 36.1 Å². The van der Waals surface area contributed by atoms with Crippen molar-refractivity contribution in [3.8, 4) is 0 Å². The Bertz CT molecular complexity index is 1590. The molecule has 0 aliphatic carbocycles. The van der Waals surface area contributed by atoms with E-state index in [1.54, 1.807) is 0 Å². The highest BCUT2D eigenvalue weighted by molar-refractivity contribution is 6.45. The quantitative estimate of drug-likeness (QED) is 0.287. The molecule has 6 nitrogen and oxygen atoms in total. The van der Waals surface area contributed by atoms with Crippen molar-refractivity contribution in [3.63, 3.8) is 0 Å². The molecule has 0 radical (unpaired) electrons. The number of hydrogen-bond donors (Lipinski definition) is 0. The maximum Gasteiger partial charge on any atom is 0.262 e. The summed E-state index contributed by atoms with van der Waals surface area (Å²) in [5.74, 6) is -2.19. The molecule has 2 aliphatic rings. The summed E-state index contributed by atoms with van der Waals surface area (Å²) in [5.41, 5.74) is 2.45. The standard InChI is InChI=1S/C30H20Cl2N2O4/c31-21-15-19-23-20(28(36)33(27(19)35)13-11-17-7-3-1-4-8-17)16-22(32)25-26(23)24(21)29(37)34(30(25)38)14-12-18-9-5-2-6-10-18/h1-10,15-16H,11-14H2. The molecule has 4 aromatic carbocycles. The van der Waals surface area contributed by atoms with Crippen molar-refractivity contribution in [2.24, 2.45) is 0 Å². The normalized spacial score (nSPS) is 14.6. The Labute approximate surface area is 228 Å². The molecule has 38 heavy (non-hydrogen) atoms. The van der Waals surface area contributed by atoms with Crippen molar-refractivity contribution in [3.05, 3.63) is 116 Å². The SMILES string of the molecule is O=C1c2cc(Cl)c3c4c(c(Cl)cc(c24)C(=O)N1CCc1ccccc1)C(=O)N(CCc1ccccc1)C3=O. The molecule has 8 heteroatoms. The van der Waals surface area contributed by atoms with E-state index >= 15 is 0 Å². The average molecular weight is 543 g/mol. The molecule has 6 rings (SSSR count). The van der Waals surface area contributed by atoms with Crippen LogP contribution in [-0.2, 0) is 12.8 Å². The van der Waals surface area contributed by atoms with Crippen LogP contribution in [0, 0.1) is 0 Å². The Kier molecular flexibility index (Phi) is 6.01. The van der Waals surface area contributed by atoms with Gasteiger partial charge in [-0.1, -0.05) is 83.9 Å². The second kappa shape index (κ2) is 9.39. The highest BCUT2D eigenvalue weighted by Gasteiger charge is 2.42. The van der Waals surface area contributed by atoms with Gasteiger partial charge in [-0.2, -0.15) is 0 Å². The van der Waals surface area contributed by atoms with Crippen LogP contribution in [0.25, 0.3) is 10.8 Å². The van der Waals surface area contributed by atoms with Gasteiger partial charge in [0.15, 0.2) is 0 Å². The van der Waals surface area contributed by atoms with Gasteiger partial charge in [0.05, 0.1) is 32.3 Å². The van der Waals surface area contributed by atoms with E-state index in [9.17, 15) is 19.2 Å². The van der Waals surface area contributed by atoms with E-state index in [2.05, 4.69) is 0 Å². The summed E-state index contributed by atoms with van der Waals surface area (Å²) in [6.07, 6.45) is 0.928. The zero-order chi connectivity index (χ0) is 26.6. The Morgan fingerprint density at radius 3 is 1.34 bits per heavy atom. The Morgan fingerprint density at radius 2 is 0.921 bits per heavy atom. The molecule has 0 unspecified atom stereocenters. The van der Waals surface area contributed by atoms with Gasteiger partial charge < -0.3 is 0 Å². The van der Waals surface area contributed by atoms with E-state index < -0.39 is 23.6 Å². The number of carbonyl (C=O) groups is 4. The lowest BCUT2D eigenvalue weighted by Gasteiger charge is -2.33. The van der Waals surface area contributed by atoms with Gasteiger partial charge in [-0.3, -0.25) is 29.0 Å². The van der Waals surface area contributed by atoms with Crippen LogP contribution in [0.4, 0.5) is 0 Å². The second-order valence-corrected chi connectivity index (χ2v) is 10.1. The largest absolute Gasteiger partial charge is 0.274 e. The Hall–Kier alpha value is -4.00. The van der Waals surface area contributed by atoms with Crippen molar-refractivity contribution in [2.45, 2.75) is 12.8 Å². The lowest BCUT2D eigenvalue weighted by Crippen LogP contribution is -2.44. The van der Waals surface area contributed by atoms with Crippen molar-refractivity contribution >= 4 is 57.6 Å². The maximum atomic E-state index is 13.6. The predicted octanol–water partition coefficient (Wildman–Crippen LogP) is 5.82. The minimum Gasteiger partial charge on any atom is -0.274 e. The number of nitrogens with zero attached hydrogens (tertiary/aromatic N) is 2. The fraction of sp³-hybridized carbons (Fsp3) is 0.133. The minimum atomic E-state index is -0.574. The monoisotopic (exact) mass is 542 g/mol. The zero-order valence-corrected chi connectivity index (χ0v) is 21.6. The van der Waals surface area contributed by atoms with E-state index in [4.69, 9.17) is 23.2 Å². The van der Waals surface area contributed by atoms with Crippen molar-refractivity contribution in [1.82, 2.24) is 9.80 Å². The lowest BCUT2D eigenvalue weighted by atomic mass is 9.85. The molecule has 0 spiro atoms. The molecule has 0 fully saturated rings. The van der Waals surface area contributed by atoms with Crippen molar-refractivity contribution in [2.75, 3.05) is 13.1 Å². The Balaban J connectivity index is 1.43. The first-order chi connectivity index (χ1) is 18.4. The molecule has 0 N–H and O–H groups in total. The van der Waals surface area contributed by atoms with Gasteiger partial charge in [-0.15, -0.1) is 0 Å². The minimum absolute atomic E-state index is 0.0369. The zero-order valence-electron chi connectivity index (χ0n) is 20.0.